The minimum absolute atomic E-state index is 0.0215. The van der Waals surface area contributed by atoms with Crippen molar-refractivity contribution >= 4 is 17.8 Å². The third kappa shape index (κ3) is 4.13. The molecular weight excluding hydrogens is 300 g/mol. The maximum atomic E-state index is 11.9. The van der Waals surface area contributed by atoms with Gasteiger partial charge in [0.15, 0.2) is 5.78 Å². The normalized spacial score (nSPS) is 10.5. The number of rotatable bonds is 5. The molecule has 0 amide bonds. The Labute approximate surface area is 131 Å². The fraction of sp³-hybridized carbons (Fsp3) is 0.125. The predicted molar refractivity (Wildman–Crippen MR) is 82.4 cm³/mol. The minimum atomic E-state index is -0.508. The molecule has 0 aliphatic heterocycles. The van der Waals surface area contributed by atoms with E-state index >= 15 is 0 Å². The second kappa shape index (κ2) is 7.17. The molecule has 1 N–H and O–H groups in total. The summed E-state index contributed by atoms with van der Waals surface area (Å²) in [4.78, 5) is 40.8. The molecule has 0 aliphatic carbocycles. The molecule has 7 heteroatoms. The van der Waals surface area contributed by atoms with Gasteiger partial charge in [-0.2, -0.15) is 0 Å². The van der Waals surface area contributed by atoms with Crippen LogP contribution in [0.3, 0.4) is 0 Å². The number of H-pyrrole nitrogens is 1. The summed E-state index contributed by atoms with van der Waals surface area (Å²) in [7, 11) is 1.28. The number of esters is 1. The van der Waals surface area contributed by atoms with Gasteiger partial charge in [-0.1, -0.05) is 6.07 Å². The number of carbonyl (C=O) groups is 2. The van der Waals surface area contributed by atoms with Crippen LogP contribution in [0.1, 0.15) is 22.8 Å². The number of aromatic amines is 1. The first-order valence-electron chi connectivity index (χ1n) is 6.64. The zero-order valence-corrected chi connectivity index (χ0v) is 12.5. The molecule has 1 aromatic carbocycles. The topological polar surface area (TPSA) is 98.3 Å². The van der Waals surface area contributed by atoms with Crippen molar-refractivity contribution in [2.45, 2.75) is 6.92 Å². The van der Waals surface area contributed by atoms with E-state index in [9.17, 15) is 14.4 Å². The van der Waals surface area contributed by atoms with E-state index in [4.69, 9.17) is 4.74 Å². The van der Waals surface area contributed by atoms with Gasteiger partial charge in [0.2, 0.25) is 5.88 Å². The Morgan fingerprint density at radius 2 is 2.09 bits per heavy atom. The standard InChI is InChI=1S/C16H14N2O5/c1-10(19)6-7-13-14(20)17-9-18-15(13)23-12-5-3-4-11(8-12)16(21)22-2/h3-9H,1-2H3,(H,17,18,20)/b7-6+. The van der Waals surface area contributed by atoms with Crippen molar-refractivity contribution in [1.82, 2.24) is 9.97 Å². The third-order valence-corrected chi connectivity index (χ3v) is 2.81. The van der Waals surface area contributed by atoms with E-state index in [-0.39, 0.29) is 17.2 Å². The minimum Gasteiger partial charge on any atom is -0.465 e. The molecule has 0 bridgehead atoms. The first-order chi connectivity index (χ1) is 11.0. The van der Waals surface area contributed by atoms with Gasteiger partial charge in [0.05, 0.1) is 19.0 Å². The molecule has 0 radical (unpaired) electrons. The number of hydrogen-bond donors (Lipinski definition) is 1. The summed E-state index contributed by atoms with van der Waals surface area (Å²) in [5, 5.41) is 0. The summed E-state index contributed by atoms with van der Waals surface area (Å²) in [5.74, 6) is -0.394. The Morgan fingerprint density at radius 3 is 2.78 bits per heavy atom. The van der Waals surface area contributed by atoms with Crippen molar-refractivity contribution in [3.8, 4) is 11.6 Å². The van der Waals surface area contributed by atoms with Crippen molar-refractivity contribution in [3.63, 3.8) is 0 Å². The maximum Gasteiger partial charge on any atom is 0.337 e. The van der Waals surface area contributed by atoms with Gasteiger partial charge in [-0.15, -0.1) is 0 Å². The molecule has 23 heavy (non-hydrogen) atoms. The van der Waals surface area contributed by atoms with E-state index in [1.165, 1.54) is 38.6 Å². The molecule has 0 unspecified atom stereocenters. The van der Waals surface area contributed by atoms with Crippen molar-refractivity contribution < 1.29 is 19.1 Å². The van der Waals surface area contributed by atoms with Crippen molar-refractivity contribution in [2.75, 3.05) is 7.11 Å². The van der Waals surface area contributed by atoms with Crippen LogP contribution < -0.4 is 10.3 Å². The van der Waals surface area contributed by atoms with Crippen LogP contribution in [-0.2, 0) is 9.53 Å². The fourth-order valence-electron chi connectivity index (χ4n) is 1.74. The molecule has 0 fully saturated rings. The summed E-state index contributed by atoms with van der Waals surface area (Å²) in [6.07, 6.45) is 3.75. The largest absolute Gasteiger partial charge is 0.465 e. The molecular formula is C16H14N2O5. The number of allylic oxidation sites excluding steroid dienone is 1. The first-order valence-corrected chi connectivity index (χ1v) is 6.64. The van der Waals surface area contributed by atoms with Crippen molar-refractivity contribution in [2.24, 2.45) is 0 Å². The highest BCUT2D eigenvalue weighted by Gasteiger charge is 2.11. The number of carbonyl (C=O) groups excluding carboxylic acids is 2. The fourth-order valence-corrected chi connectivity index (χ4v) is 1.74. The van der Waals surface area contributed by atoms with Gasteiger partial charge < -0.3 is 14.5 Å². The van der Waals surface area contributed by atoms with Gasteiger partial charge in [0.1, 0.15) is 11.3 Å². The highest BCUT2D eigenvalue weighted by atomic mass is 16.5. The average Bonchev–Trinajstić information content (AvgIpc) is 2.53. The highest BCUT2D eigenvalue weighted by Crippen LogP contribution is 2.22. The van der Waals surface area contributed by atoms with Crippen molar-refractivity contribution in [1.29, 1.82) is 0 Å². The number of ketones is 1. The second-order valence-corrected chi connectivity index (χ2v) is 4.52. The lowest BCUT2D eigenvalue weighted by Gasteiger charge is -2.07. The van der Waals surface area contributed by atoms with Gasteiger partial charge in [0, 0.05) is 0 Å². The Kier molecular flexibility index (Phi) is 5.03. The molecule has 2 aromatic rings. The van der Waals surface area contributed by atoms with Crippen LogP contribution in [0.4, 0.5) is 0 Å². The monoisotopic (exact) mass is 314 g/mol. The van der Waals surface area contributed by atoms with E-state index in [1.807, 2.05) is 0 Å². The number of nitrogens with zero attached hydrogens (tertiary/aromatic N) is 1. The molecule has 1 aromatic heterocycles. The Balaban J connectivity index is 2.37. The smallest absolute Gasteiger partial charge is 0.337 e. The highest BCUT2D eigenvalue weighted by molar-refractivity contribution is 5.91. The predicted octanol–water partition coefficient (Wildman–Crippen LogP) is 1.95. The third-order valence-electron chi connectivity index (χ3n) is 2.81. The van der Waals surface area contributed by atoms with E-state index in [2.05, 4.69) is 14.7 Å². The summed E-state index contributed by atoms with van der Waals surface area (Å²) < 4.78 is 10.2. The molecule has 0 spiro atoms. The number of methoxy groups -OCH3 is 1. The molecule has 0 saturated heterocycles. The van der Waals surface area contributed by atoms with Gasteiger partial charge >= 0.3 is 5.97 Å². The quantitative estimate of drug-likeness (QED) is 0.669. The molecule has 7 nitrogen and oxygen atoms in total. The van der Waals surface area contributed by atoms with Crippen LogP contribution in [-0.4, -0.2) is 28.8 Å². The number of hydrogen-bond acceptors (Lipinski definition) is 6. The van der Waals surface area contributed by atoms with Crippen LogP contribution in [0.2, 0.25) is 0 Å². The van der Waals surface area contributed by atoms with Crippen LogP contribution in [0.5, 0.6) is 11.6 Å². The molecule has 0 aliphatic rings. The zero-order chi connectivity index (χ0) is 16.8. The Bertz CT molecular complexity index is 823. The molecule has 1 heterocycles. The van der Waals surface area contributed by atoms with Crippen LogP contribution >= 0.6 is 0 Å². The Hall–Kier alpha value is -3.22. The van der Waals surface area contributed by atoms with Gasteiger partial charge in [-0.25, -0.2) is 9.78 Å². The van der Waals surface area contributed by atoms with Crippen LogP contribution in [0.25, 0.3) is 6.08 Å². The average molecular weight is 314 g/mol. The van der Waals surface area contributed by atoms with E-state index in [0.29, 0.717) is 11.3 Å². The van der Waals surface area contributed by atoms with E-state index in [0.717, 1.165) is 0 Å². The van der Waals surface area contributed by atoms with E-state index in [1.54, 1.807) is 18.2 Å². The second-order valence-electron chi connectivity index (χ2n) is 4.52. The lowest BCUT2D eigenvalue weighted by molar-refractivity contribution is -0.112. The molecule has 2 rings (SSSR count). The Morgan fingerprint density at radius 1 is 1.30 bits per heavy atom. The maximum absolute atomic E-state index is 11.9. The van der Waals surface area contributed by atoms with E-state index < -0.39 is 11.5 Å². The lowest BCUT2D eigenvalue weighted by Crippen LogP contribution is -2.11. The first kappa shape index (κ1) is 16.2. The van der Waals surface area contributed by atoms with Crippen LogP contribution in [0.15, 0.2) is 41.5 Å². The van der Waals surface area contributed by atoms with Gasteiger partial charge in [-0.05, 0) is 37.3 Å². The lowest BCUT2D eigenvalue weighted by atomic mass is 10.2. The summed E-state index contributed by atoms with van der Waals surface area (Å²) >= 11 is 0. The summed E-state index contributed by atoms with van der Waals surface area (Å²) in [5.41, 5.74) is -0.0431. The van der Waals surface area contributed by atoms with Crippen LogP contribution in [0, 0.1) is 0 Å². The number of aromatic nitrogens is 2. The number of benzene rings is 1. The van der Waals surface area contributed by atoms with Gasteiger partial charge in [0.25, 0.3) is 5.56 Å². The molecule has 0 atom stereocenters. The number of nitrogens with one attached hydrogen (secondary N) is 1. The van der Waals surface area contributed by atoms with Gasteiger partial charge in [-0.3, -0.25) is 9.59 Å². The summed E-state index contributed by atoms with van der Waals surface area (Å²) in [6, 6.07) is 6.25. The zero-order valence-electron chi connectivity index (χ0n) is 12.5. The molecule has 118 valence electrons. The van der Waals surface area contributed by atoms with Crippen molar-refractivity contribution in [3.05, 3.63) is 58.1 Å². The summed E-state index contributed by atoms with van der Waals surface area (Å²) in [6.45, 7) is 1.36. The molecule has 0 saturated carbocycles. The number of ether oxygens (including phenoxy) is 2. The SMILES string of the molecule is COC(=O)c1cccc(Oc2nc[nH]c(=O)c2/C=C/C(C)=O)c1.